The van der Waals surface area contributed by atoms with Gasteiger partial charge < -0.3 is 15.3 Å². The highest BCUT2D eigenvalue weighted by Gasteiger charge is 2.36. The Morgan fingerprint density at radius 1 is 1.35 bits per heavy atom. The summed E-state index contributed by atoms with van der Waals surface area (Å²) >= 11 is 0. The first-order valence-corrected chi connectivity index (χ1v) is 6.67. The van der Waals surface area contributed by atoms with E-state index in [1.165, 1.54) is 0 Å². The Morgan fingerprint density at radius 2 is 2.00 bits per heavy atom. The molecule has 108 valence electrons. The summed E-state index contributed by atoms with van der Waals surface area (Å²) in [6.45, 7) is 6.36. The summed E-state index contributed by atoms with van der Waals surface area (Å²) in [5.41, 5.74) is 1.27. The summed E-state index contributed by atoms with van der Waals surface area (Å²) in [6, 6.07) is 7.20. The van der Waals surface area contributed by atoms with Crippen LogP contribution in [0.3, 0.4) is 0 Å². The molecule has 5 heteroatoms. The zero-order chi connectivity index (χ0) is 14.9. The Labute approximate surface area is 118 Å². The molecule has 0 aliphatic carbocycles. The van der Waals surface area contributed by atoms with E-state index in [9.17, 15) is 14.7 Å². The minimum Gasteiger partial charge on any atom is -0.481 e. The number of aliphatic carboxylic acids is 1. The standard InChI is InChI=1S/C15H20N2O3/c1-15(2,3)16-8-13(18)17-9-11(14(19)20)10-6-4-5-7-12(10)17/h4-7,11,16H,8-9H2,1-3H3,(H,19,20). The lowest BCUT2D eigenvalue weighted by atomic mass is 10.0. The summed E-state index contributed by atoms with van der Waals surface area (Å²) in [7, 11) is 0. The number of carbonyl (C=O) groups is 2. The second-order valence-electron chi connectivity index (χ2n) is 6.06. The van der Waals surface area contributed by atoms with Crippen LogP contribution in [-0.2, 0) is 9.59 Å². The third kappa shape index (κ3) is 2.99. The van der Waals surface area contributed by atoms with Crippen molar-refractivity contribution in [2.24, 2.45) is 0 Å². The topological polar surface area (TPSA) is 69.6 Å². The lowest BCUT2D eigenvalue weighted by molar-refractivity contribution is -0.138. The third-order valence-corrected chi connectivity index (χ3v) is 3.34. The van der Waals surface area contributed by atoms with Gasteiger partial charge in [0.1, 0.15) is 5.92 Å². The number of hydrogen-bond donors (Lipinski definition) is 2. The third-order valence-electron chi connectivity index (χ3n) is 3.34. The zero-order valence-corrected chi connectivity index (χ0v) is 12.0. The molecule has 1 aromatic carbocycles. The number of carbonyl (C=O) groups excluding carboxylic acids is 1. The van der Waals surface area contributed by atoms with Gasteiger partial charge >= 0.3 is 5.97 Å². The summed E-state index contributed by atoms with van der Waals surface area (Å²) < 4.78 is 0. The van der Waals surface area contributed by atoms with E-state index in [4.69, 9.17) is 0 Å². The summed E-state index contributed by atoms with van der Waals surface area (Å²) in [5.74, 6) is -1.63. The Hall–Kier alpha value is -1.88. The van der Waals surface area contributed by atoms with Gasteiger partial charge in [0.15, 0.2) is 0 Å². The number of rotatable bonds is 3. The zero-order valence-electron chi connectivity index (χ0n) is 12.0. The quantitative estimate of drug-likeness (QED) is 0.879. The van der Waals surface area contributed by atoms with Crippen molar-refractivity contribution in [3.63, 3.8) is 0 Å². The van der Waals surface area contributed by atoms with Gasteiger partial charge in [0.2, 0.25) is 5.91 Å². The highest BCUT2D eigenvalue weighted by molar-refractivity contribution is 6.00. The minimum absolute atomic E-state index is 0.101. The molecular weight excluding hydrogens is 256 g/mol. The summed E-state index contributed by atoms with van der Waals surface area (Å²) in [5, 5.41) is 12.4. The van der Waals surface area contributed by atoms with E-state index < -0.39 is 11.9 Å². The molecule has 0 radical (unpaired) electrons. The van der Waals surface area contributed by atoms with Crippen LogP contribution >= 0.6 is 0 Å². The van der Waals surface area contributed by atoms with Gasteiger partial charge in [-0.25, -0.2) is 0 Å². The Bertz CT molecular complexity index is 534. The van der Waals surface area contributed by atoms with Crippen molar-refractivity contribution in [3.8, 4) is 0 Å². The number of nitrogens with one attached hydrogen (secondary N) is 1. The fourth-order valence-corrected chi connectivity index (χ4v) is 2.29. The van der Waals surface area contributed by atoms with Crippen molar-refractivity contribution in [2.45, 2.75) is 32.2 Å². The first-order valence-electron chi connectivity index (χ1n) is 6.67. The van der Waals surface area contributed by atoms with Crippen LogP contribution in [0, 0.1) is 0 Å². The highest BCUT2D eigenvalue weighted by atomic mass is 16.4. The smallest absolute Gasteiger partial charge is 0.312 e. The van der Waals surface area contributed by atoms with Gasteiger partial charge in [0.05, 0.1) is 6.54 Å². The molecule has 0 fully saturated rings. The fraction of sp³-hybridized carbons (Fsp3) is 0.467. The van der Waals surface area contributed by atoms with Gasteiger partial charge in [-0.2, -0.15) is 0 Å². The molecule has 2 rings (SSSR count). The van der Waals surface area contributed by atoms with Gasteiger partial charge in [0, 0.05) is 17.8 Å². The molecule has 0 spiro atoms. The molecule has 1 heterocycles. The van der Waals surface area contributed by atoms with Crippen LogP contribution in [0.4, 0.5) is 5.69 Å². The molecule has 1 atom stereocenters. The molecule has 0 aromatic heterocycles. The molecule has 20 heavy (non-hydrogen) atoms. The van der Waals surface area contributed by atoms with E-state index >= 15 is 0 Å². The molecule has 0 saturated heterocycles. The van der Waals surface area contributed by atoms with Gasteiger partial charge in [-0.05, 0) is 32.4 Å². The van der Waals surface area contributed by atoms with E-state index in [-0.39, 0.29) is 24.5 Å². The van der Waals surface area contributed by atoms with Crippen LogP contribution in [-0.4, -0.2) is 35.6 Å². The number of amides is 1. The SMILES string of the molecule is CC(C)(C)NCC(=O)N1CC(C(=O)O)c2ccccc21. The van der Waals surface area contributed by atoms with E-state index in [1.54, 1.807) is 23.1 Å². The van der Waals surface area contributed by atoms with Gasteiger partial charge in [0.25, 0.3) is 0 Å². The second-order valence-corrected chi connectivity index (χ2v) is 6.06. The summed E-state index contributed by atoms with van der Waals surface area (Å²) in [6.07, 6.45) is 0. The molecule has 5 nitrogen and oxygen atoms in total. The van der Waals surface area contributed by atoms with Crippen molar-refractivity contribution in [3.05, 3.63) is 29.8 Å². The number of nitrogens with zero attached hydrogens (tertiary/aromatic N) is 1. The van der Waals surface area contributed by atoms with E-state index in [0.717, 1.165) is 0 Å². The van der Waals surface area contributed by atoms with Crippen molar-refractivity contribution >= 4 is 17.6 Å². The maximum Gasteiger partial charge on any atom is 0.312 e. The molecular formula is C15H20N2O3. The number of carboxylic acids is 1. The molecule has 1 aromatic rings. The minimum atomic E-state index is -0.892. The Kier molecular flexibility index (Phi) is 3.81. The van der Waals surface area contributed by atoms with Gasteiger partial charge in [-0.15, -0.1) is 0 Å². The van der Waals surface area contributed by atoms with Crippen LogP contribution in [0.5, 0.6) is 0 Å². The normalized spacial score (nSPS) is 17.9. The average molecular weight is 276 g/mol. The largest absolute Gasteiger partial charge is 0.481 e. The molecule has 1 unspecified atom stereocenters. The molecule has 1 aliphatic rings. The van der Waals surface area contributed by atoms with E-state index in [1.807, 2.05) is 26.8 Å². The maximum atomic E-state index is 12.3. The van der Waals surface area contributed by atoms with Gasteiger partial charge in [-0.1, -0.05) is 18.2 Å². The maximum absolute atomic E-state index is 12.3. The summed E-state index contributed by atoms with van der Waals surface area (Å²) in [4.78, 5) is 25.2. The van der Waals surface area contributed by atoms with Crippen molar-refractivity contribution < 1.29 is 14.7 Å². The van der Waals surface area contributed by atoms with Crippen molar-refractivity contribution in [2.75, 3.05) is 18.0 Å². The molecule has 1 amide bonds. The van der Waals surface area contributed by atoms with E-state index in [0.29, 0.717) is 11.3 Å². The number of carboxylic acid groups (broad SMARTS) is 1. The predicted octanol–water partition coefficient (Wildman–Crippen LogP) is 1.59. The number of hydrogen-bond acceptors (Lipinski definition) is 3. The second kappa shape index (κ2) is 5.25. The Balaban J connectivity index is 2.18. The van der Waals surface area contributed by atoms with Crippen molar-refractivity contribution in [1.82, 2.24) is 5.32 Å². The fourth-order valence-electron chi connectivity index (χ4n) is 2.29. The number of fused-ring (bicyclic) bond motifs is 1. The lowest BCUT2D eigenvalue weighted by Gasteiger charge is -2.23. The van der Waals surface area contributed by atoms with Crippen LogP contribution in [0.15, 0.2) is 24.3 Å². The molecule has 0 saturated carbocycles. The van der Waals surface area contributed by atoms with Crippen molar-refractivity contribution in [1.29, 1.82) is 0 Å². The van der Waals surface area contributed by atoms with Crippen LogP contribution < -0.4 is 10.2 Å². The highest BCUT2D eigenvalue weighted by Crippen LogP contribution is 2.36. The first-order chi connectivity index (χ1) is 9.29. The van der Waals surface area contributed by atoms with Crippen LogP contribution in [0.2, 0.25) is 0 Å². The van der Waals surface area contributed by atoms with Crippen LogP contribution in [0.25, 0.3) is 0 Å². The number of para-hydroxylation sites is 1. The lowest BCUT2D eigenvalue weighted by Crippen LogP contribution is -2.45. The molecule has 0 bridgehead atoms. The average Bonchev–Trinajstić information content (AvgIpc) is 2.75. The molecule has 1 aliphatic heterocycles. The Morgan fingerprint density at radius 3 is 2.60 bits per heavy atom. The van der Waals surface area contributed by atoms with Gasteiger partial charge in [-0.3, -0.25) is 9.59 Å². The molecule has 2 N–H and O–H groups in total. The number of anilines is 1. The van der Waals surface area contributed by atoms with E-state index in [2.05, 4.69) is 5.32 Å². The van der Waals surface area contributed by atoms with Crippen LogP contribution in [0.1, 0.15) is 32.3 Å². The predicted molar refractivity (Wildman–Crippen MR) is 76.9 cm³/mol. The monoisotopic (exact) mass is 276 g/mol. The first kappa shape index (κ1) is 14.5. The number of benzene rings is 1.